The minimum absolute atomic E-state index is 0.235. The Hall–Kier alpha value is -3.51. The Morgan fingerprint density at radius 1 is 1.31 bits per heavy atom. The third kappa shape index (κ3) is 3.31. The van der Waals surface area contributed by atoms with Crippen molar-refractivity contribution in [3.63, 3.8) is 0 Å². The predicted molar refractivity (Wildman–Crippen MR) is 96.0 cm³/mol. The van der Waals surface area contributed by atoms with E-state index < -0.39 is 5.97 Å². The van der Waals surface area contributed by atoms with Crippen molar-refractivity contribution in [3.8, 4) is 17.0 Å². The molecular formula is C18H17N5O3. The van der Waals surface area contributed by atoms with Gasteiger partial charge in [0.25, 0.3) is 0 Å². The molecule has 0 radical (unpaired) electrons. The highest BCUT2D eigenvalue weighted by molar-refractivity contribution is 6.02. The van der Waals surface area contributed by atoms with Crippen LogP contribution in [0.2, 0.25) is 0 Å². The van der Waals surface area contributed by atoms with E-state index in [1.807, 2.05) is 28.8 Å². The summed E-state index contributed by atoms with van der Waals surface area (Å²) in [5.74, 6) is 0.0882. The summed E-state index contributed by atoms with van der Waals surface area (Å²) < 4.78 is 12.1. The molecule has 0 atom stereocenters. The zero-order valence-electron chi connectivity index (χ0n) is 14.4. The van der Waals surface area contributed by atoms with Crippen LogP contribution in [0.5, 0.6) is 5.88 Å². The summed E-state index contributed by atoms with van der Waals surface area (Å²) in [7, 11) is 1.55. The molecule has 0 aliphatic rings. The average Bonchev–Trinajstić information content (AvgIpc) is 3.05. The molecule has 3 aromatic heterocycles. The smallest absolute Gasteiger partial charge is 0.340 e. The lowest BCUT2D eigenvalue weighted by Gasteiger charge is -2.06. The Labute approximate surface area is 149 Å². The van der Waals surface area contributed by atoms with Crippen LogP contribution in [-0.2, 0) is 11.3 Å². The molecule has 3 aromatic rings. The summed E-state index contributed by atoms with van der Waals surface area (Å²) in [6, 6.07) is 7.32. The number of azide groups is 1. The molecular weight excluding hydrogens is 334 g/mol. The van der Waals surface area contributed by atoms with Crippen molar-refractivity contribution in [2.45, 2.75) is 13.5 Å². The summed E-state index contributed by atoms with van der Waals surface area (Å²) >= 11 is 0. The summed E-state index contributed by atoms with van der Waals surface area (Å²) in [6.07, 6.45) is 5.20. The van der Waals surface area contributed by atoms with E-state index in [4.69, 9.17) is 15.0 Å². The van der Waals surface area contributed by atoms with Crippen LogP contribution in [0.15, 0.2) is 48.0 Å². The molecule has 3 rings (SSSR count). The van der Waals surface area contributed by atoms with Crippen molar-refractivity contribution >= 4 is 11.5 Å². The van der Waals surface area contributed by atoms with Crippen LogP contribution in [0, 0.1) is 0 Å². The first-order valence-electron chi connectivity index (χ1n) is 8.00. The van der Waals surface area contributed by atoms with E-state index in [1.54, 1.807) is 32.5 Å². The molecule has 0 saturated carbocycles. The fourth-order valence-electron chi connectivity index (χ4n) is 2.75. The fourth-order valence-corrected chi connectivity index (χ4v) is 2.75. The summed E-state index contributed by atoms with van der Waals surface area (Å²) in [5.41, 5.74) is 12.1. The zero-order chi connectivity index (χ0) is 18.5. The van der Waals surface area contributed by atoms with Crippen molar-refractivity contribution in [1.82, 2.24) is 9.38 Å². The maximum absolute atomic E-state index is 12.4. The van der Waals surface area contributed by atoms with Crippen LogP contribution in [0.25, 0.3) is 27.1 Å². The molecule has 8 heteroatoms. The maximum Gasteiger partial charge on any atom is 0.340 e. The van der Waals surface area contributed by atoms with Crippen LogP contribution in [0.1, 0.15) is 22.8 Å². The van der Waals surface area contributed by atoms with Gasteiger partial charge in [0.1, 0.15) is 0 Å². The fraction of sp³-hybridized carbons (Fsp3) is 0.222. The molecule has 0 amide bonds. The van der Waals surface area contributed by atoms with E-state index >= 15 is 0 Å². The van der Waals surface area contributed by atoms with Crippen molar-refractivity contribution < 1.29 is 14.3 Å². The third-order valence-electron chi connectivity index (χ3n) is 3.88. The number of methoxy groups -OCH3 is 1. The second-order valence-corrected chi connectivity index (χ2v) is 5.45. The van der Waals surface area contributed by atoms with Crippen molar-refractivity contribution in [2.24, 2.45) is 5.11 Å². The second-order valence-electron chi connectivity index (χ2n) is 5.45. The van der Waals surface area contributed by atoms with Gasteiger partial charge in [0.05, 0.1) is 31.3 Å². The first-order chi connectivity index (χ1) is 12.7. The number of ether oxygens (including phenoxy) is 2. The minimum Gasteiger partial charge on any atom is -0.481 e. The molecule has 0 unspecified atom stereocenters. The van der Waals surface area contributed by atoms with Gasteiger partial charge in [0.2, 0.25) is 5.88 Å². The van der Waals surface area contributed by atoms with E-state index in [9.17, 15) is 4.79 Å². The van der Waals surface area contributed by atoms with E-state index in [1.165, 1.54) is 0 Å². The average molecular weight is 351 g/mol. The molecule has 0 saturated heterocycles. The number of nitrogens with zero attached hydrogens (tertiary/aromatic N) is 5. The maximum atomic E-state index is 12.4. The number of esters is 1. The van der Waals surface area contributed by atoms with Crippen LogP contribution in [0.3, 0.4) is 0 Å². The Kier molecular flexibility index (Phi) is 5.05. The van der Waals surface area contributed by atoms with Crippen molar-refractivity contribution in [3.05, 3.63) is 64.4 Å². The highest BCUT2D eigenvalue weighted by Gasteiger charge is 2.20. The van der Waals surface area contributed by atoms with Crippen LogP contribution >= 0.6 is 0 Å². The zero-order valence-corrected chi connectivity index (χ0v) is 14.4. The number of fused-ring (bicyclic) bond motifs is 1. The number of aromatic nitrogens is 2. The molecule has 26 heavy (non-hydrogen) atoms. The van der Waals surface area contributed by atoms with Gasteiger partial charge in [-0.3, -0.25) is 0 Å². The molecule has 132 valence electrons. The van der Waals surface area contributed by atoms with Crippen LogP contribution in [0.4, 0.5) is 0 Å². The van der Waals surface area contributed by atoms with Gasteiger partial charge in [-0.25, -0.2) is 9.78 Å². The molecule has 0 fully saturated rings. The van der Waals surface area contributed by atoms with Gasteiger partial charge in [-0.15, -0.1) is 0 Å². The van der Waals surface area contributed by atoms with E-state index in [2.05, 4.69) is 15.0 Å². The molecule has 3 heterocycles. The Morgan fingerprint density at radius 2 is 2.15 bits per heavy atom. The highest BCUT2D eigenvalue weighted by Crippen LogP contribution is 2.31. The molecule has 0 aliphatic heterocycles. The lowest BCUT2D eigenvalue weighted by Crippen LogP contribution is -2.04. The molecule has 0 aromatic carbocycles. The van der Waals surface area contributed by atoms with Gasteiger partial charge in [-0.2, -0.15) is 0 Å². The van der Waals surface area contributed by atoms with Gasteiger partial charge in [-0.05, 0) is 30.2 Å². The number of carbonyl (C=O) groups excluding carboxylic acids is 1. The van der Waals surface area contributed by atoms with Gasteiger partial charge >= 0.3 is 5.97 Å². The lowest BCUT2D eigenvalue weighted by molar-refractivity contribution is 0.0527. The van der Waals surface area contributed by atoms with Crippen LogP contribution in [-0.4, -0.2) is 29.1 Å². The van der Waals surface area contributed by atoms with Crippen LogP contribution < -0.4 is 4.74 Å². The second kappa shape index (κ2) is 7.58. The third-order valence-corrected chi connectivity index (χ3v) is 3.88. The molecule has 0 spiro atoms. The number of rotatable bonds is 6. The van der Waals surface area contributed by atoms with Crippen molar-refractivity contribution in [1.29, 1.82) is 0 Å². The normalized spacial score (nSPS) is 10.4. The number of hydrogen-bond acceptors (Lipinski definition) is 5. The van der Waals surface area contributed by atoms with E-state index in [0.717, 1.165) is 22.2 Å². The number of pyridine rings is 2. The quantitative estimate of drug-likeness (QED) is 0.290. The van der Waals surface area contributed by atoms with Gasteiger partial charge in [0, 0.05) is 40.7 Å². The largest absolute Gasteiger partial charge is 0.481 e. The predicted octanol–water partition coefficient (Wildman–Crippen LogP) is 4.00. The molecule has 0 bridgehead atoms. The van der Waals surface area contributed by atoms with Gasteiger partial charge in [-0.1, -0.05) is 11.2 Å². The SMILES string of the molecule is CCOC(=O)c1cn2cc(CN=[N+]=[N-])ccc2c1-c1ccc(OC)nc1. The topological polar surface area (TPSA) is 102 Å². The monoisotopic (exact) mass is 351 g/mol. The Morgan fingerprint density at radius 3 is 2.81 bits per heavy atom. The molecule has 0 aliphatic carbocycles. The van der Waals surface area contributed by atoms with Gasteiger partial charge in [0.15, 0.2) is 0 Å². The van der Waals surface area contributed by atoms with E-state index in [0.29, 0.717) is 11.4 Å². The van der Waals surface area contributed by atoms with Gasteiger partial charge < -0.3 is 13.9 Å². The molecule has 8 nitrogen and oxygen atoms in total. The Balaban J connectivity index is 2.17. The summed E-state index contributed by atoms with van der Waals surface area (Å²) in [4.78, 5) is 19.4. The van der Waals surface area contributed by atoms with Crippen molar-refractivity contribution in [2.75, 3.05) is 13.7 Å². The summed E-state index contributed by atoms with van der Waals surface area (Å²) in [6.45, 7) is 2.28. The first kappa shape index (κ1) is 17.3. The summed E-state index contributed by atoms with van der Waals surface area (Å²) in [5, 5.41) is 3.57. The number of hydrogen-bond donors (Lipinski definition) is 0. The minimum atomic E-state index is -0.404. The first-order valence-corrected chi connectivity index (χ1v) is 8.00. The molecule has 0 N–H and O–H groups in total. The Bertz CT molecular complexity index is 988. The van der Waals surface area contributed by atoms with E-state index in [-0.39, 0.29) is 13.2 Å². The number of carbonyl (C=O) groups is 1. The standard InChI is InChI=1S/C18H17N5O3/c1-3-26-18(24)14-11-23-10-12(8-21-22-19)4-6-15(23)17(14)13-5-7-16(25-2)20-9-13/h4-7,9-11H,3,8H2,1-2H3. The lowest BCUT2D eigenvalue weighted by atomic mass is 10.0. The highest BCUT2D eigenvalue weighted by atomic mass is 16.5.